The summed E-state index contributed by atoms with van der Waals surface area (Å²) < 4.78 is 10.5. The van der Waals surface area contributed by atoms with Gasteiger partial charge in [0, 0.05) is 6.07 Å². The molecule has 1 aromatic heterocycles. The van der Waals surface area contributed by atoms with Gasteiger partial charge < -0.3 is 39.8 Å². The SMILES string of the molecule is CCC(C)CC(C)/C=C(/C=C/C=C/C=C/C=C/C=C/C=C/c1cc(O)c(C2OC(CO)C(O)C(O)C2O)c(=O)o1)C(=O)O. The van der Waals surface area contributed by atoms with Gasteiger partial charge in [-0.25, -0.2) is 9.59 Å². The molecule has 0 saturated carbocycles. The van der Waals surface area contributed by atoms with Crippen LogP contribution in [0.4, 0.5) is 0 Å². The maximum absolute atomic E-state index is 12.5. The quantitative estimate of drug-likeness (QED) is 0.137. The van der Waals surface area contributed by atoms with Crippen LogP contribution in [-0.2, 0) is 9.53 Å². The molecule has 1 aliphatic heterocycles. The van der Waals surface area contributed by atoms with Gasteiger partial charge in [0.1, 0.15) is 47.6 Å². The lowest BCUT2D eigenvalue weighted by Gasteiger charge is -2.39. The Hall–Kier alpha value is -3.80. The van der Waals surface area contributed by atoms with E-state index < -0.39 is 60.0 Å². The highest BCUT2D eigenvalue weighted by molar-refractivity contribution is 5.89. The van der Waals surface area contributed by atoms with Gasteiger partial charge in [-0.05, 0) is 30.4 Å². The van der Waals surface area contributed by atoms with Crippen LogP contribution in [0.5, 0.6) is 5.75 Å². The van der Waals surface area contributed by atoms with Crippen LogP contribution in [0.2, 0.25) is 0 Å². The van der Waals surface area contributed by atoms with Gasteiger partial charge >= 0.3 is 11.6 Å². The Morgan fingerprint density at radius 3 is 2.05 bits per heavy atom. The molecule has 0 amide bonds. The highest BCUT2D eigenvalue weighted by atomic mass is 16.5. The van der Waals surface area contributed by atoms with Gasteiger partial charge in [0.2, 0.25) is 0 Å². The van der Waals surface area contributed by atoms with E-state index in [-0.39, 0.29) is 17.3 Å². The number of hydrogen-bond acceptors (Lipinski definition) is 9. The monoisotopic (exact) mass is 598 g/mol. The number of aliphatic hydroxyl groups excluding tert-OH is 4. The molecular weight excluding hydrogens is 556 g/mol. The number of aromatic hydroxyl groups is 1. The fraction of sp³-hybridized carbons (Fsp3) is 0.394. The summed E-state index contributed by atoms with van der Waals surface area (Å²) in [4.78, 5) is 24.0. The number of carboxylic acid groups (broad SMARTS) is 1. The fourth-order valence-corrected chi connectivity index (χ4v) is 4.39. The number of aliphatic carboxylic acids is 1. The van der Waals surface area contributed by atoms with E-state index in [1.165, 1.54) is 6.08 Å². The topological polar surface area (TPSA) is 178 Å². The first-order chi connectivity index (χ1) is 20.5. The molecule has 1 aliphatic rings. The average molecular weight is 599 g/mol. The lowest BCUT2D eigenvalue weighted by atomic mass is 9.91. The van der Waals surface area contributed by atoms with Crippen molar-refractivity contribution in [2.24, 2.45) is 11.8 Å². The predicted octanol–water partition coefficient (Wildman–Crippen LogP) is 3.74. The van der Waals surface area contributed by atoms with Crippen molar-refractivity contribution < 1.29 is 44.6 Å². The minimum Gasteiger partial charge on any atom is -0.507 e. The van der Waals surface area contributed by atoms with Crippen LogP contribution in [0.15, 0.2) is 93.8 Å². The first-order valence-corrected chi connectivity index (χ1v) is 14.1. The molecule has 7 unspecified atom stereocenters. The molecule has 0 bridgehead atoms. The molecule has 0 spiro atoms. The minimum absolute atomic E-state index is 0.0217. The van der Waals surface area contributed by atoms with E-state index in [0.29, 0.717) is 5.92 Å². The van der Waals surface area contributed by atoms with Crippen molar-refractivity contribution in [1.29, 1.82) is 0 Å². The van der Waals surface area contributed by atoms with Crippen LogP contribution in [0.25, 0.3) is 6.08 Å². The van der Waals surface area contributed by atoms with Crippen molar-refractivity contribution in [3.8, 4) is 5.75 Å². The lowest BCUT2D eigenvalue weighted by molar-refractivity contribution is -0.232. The Morgan fingerprint density at radius 1 is 0.930 bits per heavy atom. The molecule has 10 nitrogen and oxygen atoms in total. The maximum atomic E-state index is 12.5. The number of allylic oxidation sites excluding steroid dienone is 11. The molecule has 43 heavy (non-hydrogen) atoms. The fourth-order valence-electron chi connectivity index (χ4n) is 4.39. The van der Waals surface area contributed by atoms with E-state index in [4.69, 9.17) is 9.15 Å². The van der Waals surface area contributed by atoms with Gasteiger partial charge in [0.15, 0.2) is 0 Å². The van der Waals surface area contributed by atoms with Crippen molar-refractivity contribution >= 4 is 12.0 Å². The number of ether oxygens (including phenoxy) is 1. The number of carboxylic acids is 1. The zero-order valence-corrected chi connectivity index (χ0v) is 24.6. The molecule has 2 rings (SSSR count). The molecule has 6 N–H and O–H groups in total. The maximum Gasteiger partial charge on any atom is 0.345 e. The smallest absolute Gasteiger partial charge is 0.345 e. The van der Waals surface area contributed by atoms with Crippen molar-refractivity contribution in [2.45, 2.75) is 64.1 Å². The predicted molar refractivity (Wildman–Crippen MR) is 163 cm³/mol. The number of rotatable bonds is 14. The van der Waals surface area contributed by atoms with E-state index in [0.717, 1.165) is 18.9 Å². The molecule has 10 heteroatoms. The number of hydrogen-bond donors (Lipinski definition) is 6. The first kappa shape index (κ1) is 35.4. The molecule has 0 aliphatic carbocycles. The zero-order valence-electron chi connectivity index (χ0n) is 24.6. The third kappa shape index (κ3) is 11.1. The van der Waals surface area contributed by atoms with E-state index in [2.05, 4.69) is 13.8 Å². The van der Waals surface area contributed by atoms with Gasteiger partial charge in [0.05, 0.1) is 12.2 Å². The second-order valence-corrected chi connectivity index (χ2v) is 10.4. The van der Waals surface area contributed by atoms with Crippen LogP contribution in [0, 0.1) is 11.8 Å². The second kappa shape index (κ2) is 18.0. The van der Waals surface area contributed by atoms with Crippen LogP contribution >= 0.6 is 0 Å². The summed E-state index contributed by atoms with van der Waals surface area (Å²) in [6.07, 6.45) is 16.3. The Kier molecular flexibility index (Phi) is 14.8. The summed E-state index contributed by atoms with van der Waals surface area (Å²) in [6, 6.07) is 1.14. The van der Waals surface area contributed by atoms with Crippen molar-refractivity contribution in [3.63, 3.8) is 0 Å². The summed E-state index contributed by atoms with van der Waals surface area (Å²) in [5.41, 5.74) is -1.18. The molecule has 234 valence electrons. The molecular formula is C33H42O10. The summed E-state index contributed by atoms with van der Waals surface area (Å²) >= 11 is 0. The Balaban J connectivity index is 1.91. The van der Waals surface area contributed by atoms with Crippen LogP contribution in [0.3, 0.4) is 0 Å². The van der Waals surface area contributed by atoms with Crippen LogP contribution in [-0.4, -0.2) is 67.6 Å². The molecule has 1 aromatic rings. The van der Waals surface area contributed by atoms with E-state index in [1.54, 1.807) is 72.9 Å². The second-order valence-electron chi connectivity index (χ2n) is 10.4. The highest BCUT2D eigenvalue weighted by Gasteiger charge is 2.46. The minimum atomic E-state index is -1.73. The van der Waals surface area contributed by atoms with Crippen molar-refractivity contribution in [2.75, 3.05) is 6.61 Å². The third-order valence-electron chi connectivity index (χ3n) is 6.88. The Bertz CT molecular complexity index is 1310. The summed E-state index contributed by atoms with van der Waals surface area (Å²) in [5, 5.41) is 59.2. The van der Waals surface area contributed by atoms with Crippen molar-refractivity contribution in [3.05, 3.63) is 106 Å². The molecule has 7 atom stereocenters. The first-order valence-electron chi connectivity index (χ1n) is 14.1. The summed E-state index contributed by atoms with van der Waals surface area (Å²) in [5.74, 6) is -0.751. The van der Waals surface area contributed by atoms with Gasteiger partial charge in [-0.2, -0.15) is 0 Å². The highest BCUT2D eigenvalue weighted by Crippen LogP contribution is 2.35. The largest absolute Gasteiger partial charge is 0.507 e. The molecule has 1 saturated heterocycles. The van der Waals surface area contributed by atoms with Crippen LogP contribution < -0.4 is 5.63 Å². The summed E-state index contributed by atoms with van der Waals surface area (Å²) in [6.45, 7) is 5.62. The standard InChI is InChI=1S/C33H42O10/c1-4-21(2)17-22(3)18-23(32(39)40)15-13-11-9-7-5-6-8-10-12-14-16-24-19-25(35)27(33(41)42-24)31-30(38)29(37)28(36)26(20-34)43-31/h5-16,18-19,21-22,26,28-31,34-38H,4,17,20H2,1-3H3,(H,39,40)/b7-5+,8-6+,11-9+,12-10+,15-13+,16-14+,23-18-. The van der Waals surface area contributed by atoms with Crippen molar-refractivity contribution in [1.82, 2.24) is 0 Å². The normalized spacial score (nSPS) is 25.3. The van der Waals surface area contributed by atoms with E-state index in [1.807, 2.05) is 6.92 Å². The summed E-state index contributed by atoms with van der Waals surface area (Å²) in [7, 11) is 0. The van der Waals surface area contributed by atoms with E-state index >= 15 is 0 Å². The zero-order chi connectivity index (χ0) is 31.9. The molecule has 1 fully saturated rings. The lowest BCUT2D eigenvalue weighted by Crippen LogP contribution is -2.55. The van der Waals surface area contributed by atoms with E-state index in [9.17, 15) is 40.2 Å². The number of aliphatic hydroxyl groups is 4. The Morgan fingerprint density at radius 2 is 1.51 bits per heavy atom. The third-order valence-corrected chi connectivity index (χ3v) is 6.88. The molecule has 0 aromatic carbocycles. The van der Waals surface area contributed by atoms with Gasteiger partial charge in [-0.3, -0.25) is 0 Å². The van der Waals surface area contributed by atoms with Gasteiger partial charge in [-0.15, -0.1) is 0 Å². The van der Waals surface area contributed by atoms with Gasteiger partial charge in [0.25, 0.3) is 0 Å². The number of carbonyl (C=O) groups is 1. The molecule has 2 heterocycles. The van der Waals surface area contributed by atoms with Gasteiger partial charge in [-0.1, -0.05) is 94.0 Å². The molecule has 0 radical (unpaired) electrons. The van der Waals surface area contributed by atoms with Crippen LogP contribution in [0.1, 0.15) is 51.0 Å². The average Bonchev–Trinajstić information content (AvgIpc) is 2.96. The Labute approximate surface area is 251 Å².